The average molecular weight is 250 g/mol. The van der Waals surface area contributed by atoms with Crippen molar-refractivity contribution in [1.82, 2.24) is 0 Å². The Bertz CT molecular complexity index is 490. The van der Waals surface area contributed by atoms with Crippen LogP contribution in [0.1, 0.15) is 15.9 Å². The van der Waals surface area contributed by atoms with Crippen LogP contribution in [0.2, 0.25) is 0 Å². The monoisotopic (exact) mass is 250 g/mol. The molecule has 96 valence electrons. The van der Waals surface area contributed by atoms with Crippen LogP contribution in [0.5, 0.6) is 11.5 Å². The number of esters is 1. The summed E-state index contributed by atoms with van der Waals surface area (Å²) < 4.78 is 9.44. The fourth-order valence-electron chi connectivity index (χ4n) is 1.53. The number of phenolic OH excluding ortho intramolecular Hbond substituents is 1. The van der Waals surface area contributed by atoms with Crippen LogP contribution >= 0.6 is 0 Å². The van der Waals surface area contributed by atoms with Crippen LogP contribution in [0.3, 0.4) is 0 Å². The minimum absolute atomic E-state index is 0.00903. The molecule has 0 saturated carbocycles. The van der Waals surface area contributed by atoms with Crippen molar-refractivity contribution in [3.8, 4) is 11.5 Å². The first-order chi connectivity index (χ1) is 8.54. The third-order valence-electron chi connectivity index (χ3n) is 2.44. The molecule has 0 aromatic heterocycles. The van der Waals surface area contributed by atoms with E-state index in [-0.39, 0.29) is 23.5 Å². The second-order valence-corrected chi connectivity index (χ2v) is 3.47. The molecular weight excluding hydrogens is 236 g/mol. The van der Waals surface area contributed by atoms with Crippen LogP contribution in [0.4, 0.5) is 0 Å². The number of carbonyl (C=O) groups excluding carboxylic acids is 2. The van der Waals surface area contributed by atoms with Crippen molar-refractivity contribution < 1.29 is 24.2 Å². The molecule has 0 spiro atoms. The number of phenols is 1. The largest absolute Gasteiger partial charge is 0.504 e. The zero-order valence-electron chi connectivity index (χ0n) is 10.2. The van der Waals surface area contributed by atoms with Crippen molar-refractivity contribution in [3.05, 3.63) is 35.9 Å². The van der Waals surface area contributed by atoms with E-state index in [2.05, 4.69) is 11.3 Å². The minimum atomic E-state index is -0.502. The second kappa shape index (κ2) is 5.86. The summed E-state index contributed by atoms with van der Waals surface area (Å²) in [4.78, 5) is 22.9. The first kappa shape index (κ1) is 13.8. The highest BCUT2D eigenvalue weighted by atomic mass is 16.5. The molecule has 1 aromatic carbocycles. The Morgan fingerprint density at radius 1 is 1.39 bits per heavy atom. The van der Waals surface area contributed by atoms with Gasteiger partial charge in [-0.2, -0.15) is 0 Å². The molecule has 18 heavy (non-hydrogen) atoms. The van der Waals surface area contributed by atoms with Gasteiger partial charge in [-0.1, -0.05) is 12.6 Å². The lowest BCUT2D eigenvalue weighted by Crippen LogP contribution is -2.09. The van der Waals surface area contributed by atoms with Gasteiger partial charge in [-0.25, -0.2) is 0 Å². The van der Waals surface area contributed by atoms with E-state index >= 15 is 0 Å². The number of aromatic hydroxyl groups is 1. The van der Waals surface area contributed by atoms with Crippen LogP contribution in [-0.4, -0.2) is 31.1 Å². The zero-order valence-corrected chi connectivity index (χ0v) is 10.2. The molecule has 5 heteroatoms. The van der Waals surface area contributed by atoms with Gasteiger partial charge in [-0.15, -0.1) is 0 Å². The maximum Gasteiger partial charge on any atom is 0.310 e. The number of hydrogen-bond donors (Lipinski definition) is 1. The minimum Gasteiger partial charge on any atom is -0.504 e. The van der Waals surface area contributed by atoms with Crippen molar-refractivity contribution in [1.29, 1.82) is 0 Å². The van der Waals surface area contributed by atoms with Gasteiger partial charge in [0.1, 0.15) is 0 Å². The number of ketones is 1. The molecule has 1 N–H and O–H groups in total. The third kappa shape index (κ3) is 2.68. The van der Waals surface area contributed by atoms with Crippen LogP contribution in [0, 0.1) is 0 Å². The first-order valence-electron chi connectivity index (χ1n) is 5.17. The Morgan fingerprint density at radius 3 is 2.56 bits per heavy atom. The second-order valence-electron chi connectivity index (χ2n) is 3.47. The molecule has 0 bridgehead atoms. The molecule has 0 aliphatic rings. The number of ether oxygens (including phenoxy) is 2. The maximum absolute atomic E-state index is 11.7. The summed E-state index contributed by atoms with van der Waals surface area (Å²) in [6.45, 7) is 3.36. The van der Waals surface area contributed by atoms with Crippen LogP contribution in [0.15, 0.2) is 24.8 Å². The molecule has 0 atom stereocenters. The van der Waals surface area contributed by atoms with Gasteiger partial charge < -0.3 is 14.6 Å². The van der Waals surface area contributed by atoms with E-state index in [4.69, 9.17) is 4.74 Å². The lowest BCUT2D eigenvalue weighted by molar-refractivity contribution is -0.139. The molecule has 0 heterocycles. The summed E-state index contributed by atoms with van der Waals surface area (Å²) >= 11 is 0. The molecular formula is C13H14O5. The Kier molecular flexibility index (Phi) is 4.48. The van der Waals surface area contributed by atoms with Gasteiger partial charge in [0.05, 0.1) is 26.2 Å². The Hall–Kier alpha value is -2.30. The fraction of sp³-hybridized carbons (Fsp3) is 0.231. The van der Waals surface area contributed by atoms with Crippen molar-refractivity contribution in [2.75, 3.05) is 14.2 Å². The van der Waals surface area contributed by atoms with Gasteiger partial charge in [0.25, 0.3) is 0 Å². The summed E-state index contributed by atoms with van der Waals surface area (Å²) in [7, 11) is 2.62. The average Bonchev–Trinajstić information content (AvgIpc) is 2.38. The van der Waals surface area contributed by atoms with Gasteiger partial charge in [-0.05, 0) is 17.7 Å². The van der Waals surface area contributed by atoms with Crippen LogP contribution in [0.25, 0.3) is 0 Å². The predicted molar refractivity (Wildman–Crippen MR) is 64.9 cm³/mol. The van der Waals surface area contributed by atoms with Gasteiger partial charge in [-0.3, -0.25) is 9.59 Å². The van der Waals surface area contributed by atoms with Crippen molar-refractivity contribution >= 4 is 11.8 Å². The molecule has 0 aliphatic heterocycles. The first-order valence-corrected chi connectivity index (χ1v) is 5.17. The van der Waals surface area contributed by atoms with E-state index in [1.54, 1.807) is 0 Å². The van der Waals surface area contributed by atoms with Gasteiger partial charge in [0.15, 0.2) is 17.3 Å². The normalized spacial score (nSPS) is 9.67. The Labute approximate surface area is 105 Å². The Morgan fingerprint density at radius 2 is 2.06 bits per heavy atom. The molecule has 1 aromatic rings. The van der Waals surface area contributed by atoms with Crippen molar-refractivity contribution in [2.45, 2.75) is 6.42 Å². The smallest absolute Gasteiger partial charge is 0.310 e. The molecule has 0 fully saturated rings. The number of rotatable bonds is 5. The lowest BCUT2D eigenvalue weighted by atomic mass is 9.99. The number of benzene rings is 1. The molecule has 0 radical (unpaired) electrons. The zero-order chi connectivity index (χ0) is 13.7. The maximum atomic E-state index is 11.7. The fourth-order valence-corrected chi connectivity index (χ4v) is 1.53. The summed E-state index contributed by atoms with van der Waals surface area (Å²) in [5.41, 5.74) is 0.375. The van der Waals surface area contributed by atoms with E-state index in [0.717, 1.165) is 6.08 Å². The lowest BCUT2D eigenvalue weighted by Gasteiger charge is -2.11. The summed E-state index contributed by atoms with van der Waals surface area (Å²) in [5, 5.41) is 9.91. The van der Waals surface area contributed by atoms with Crippen LogP contribution < -0.4 is 4.74 Å². The molecule has 0 aliphatic carbocycles. The molecule has 1 rings (SSSR count). The number of carbonyl (C=O) groups is 2. The number of hydrogen-bond acceptors (Lipinski definition) is 5. The molecule has 5 nitrogen and oxygen atoms in total. The number of methoxy groups -OCH3 is 2. The number of allylic oxidation sites excluding steroid dienone is 1. The summed E-state index contributed by atoms with van der Waals surface area (Å²) in [5.74, 6) is -1.12. The SMILES string of the molecule is C=CC(=O)c1c(CC(=O)OC)ccc(OC)c1O. The predicted octanol–water partition coefficient (Wildman–Crippen LogP) is 1.48. The molecule has 0 unspecified atom stereocenters. The van der Waals surface area contributed by atoms with E-state index in [1.165, 1.54) is 26.4 Å². The third-order valence-corrected chi connectivity index (χ3v) is 2.44. The van der Waals surface area contributed by atoms with Crippen LogP contribution in [-0.2, 0) is 16.0 Å². The summed E-state index contributed by atoms with van der Waals surface area (Å²) in [6.07, 6.45) is 0.957. The standard InChI is InChI=1S/C13H14O5/c1-4-9(14)12-8(7-11(15)18-3)5-6-10(17-2)13(12)16/h4-6,16H,1,7H2,2-3H3. The highest BCUT2D eigenvalue weighted by Crippen LogP contribution is 2.33. The molecule has 0 saturated heterocycles. The quantitative estimate of drug-likeness (QED) is 0.487. The van der Waals surface area contributed by atoms with E-state index in [0.29, 0.717) is 5.56 Å². The van der Waals surface area contributed by atoms with E-state index in [1.807, 2.05) is 0 Å². The topological polar surface area (TPSA) is 72.8 Å². The van der Waals surface area contributed by atoms with Crippen molar-refractivity contribution in [2.24, 2.45) is 0 Å². The van der Waals surface area contributed by atoms with E-state index < -0.39 is 11.8 Å². The van der Waals surface area contributed by atoms with Gasteiger partial charge >= 0.3 is 5.97 Å². The van der Waals surface area contributed by atoms with Gasteiger partial charge in [0.2, 0.25) is 0 Å². The summed E-state index contributed by atoms with van der Waals surface area (Å²) in [6, 6.07) is 3.01. The van der Waals surface area contributed by atoms with Gasteiger partial charge in [0, 0.05) is 0 Å². The highest BCUT2D eigenvalue weighted by Gasteiger charge is 2.19. The van der Waals surface area contributed by atoms with Crippen molar-refractivity contribution in [3.63, 3.8) is 0 Å². The Balaban J connectivity index is 3.33. The highest BCUT2D eigenvalue weighted by molar-refractivity contribution is 6.08. The molecule has 0 amide bonds. The van der Waals surface area contributed by atoms with E-state index in [9.17, 15) is 14.7 Å².